The van der Waals surface area contributed by atoms with Gasteiger partial charge in [0, 0.05) is 5.56 Å². The highest BCUT2D eigenvalue weighted by Gasteiger charge is 2.13. The fraction of sp³-hybridized carbons (Fsp3) is 0.480. The topological polar surface area (TPSA) is 36.3 Å². The maximum Gasteiger partial charge on any atom is 0.141 e. The van der Waals surface area contributed by atoms with Crippen molar-refractivity contribution < 1.29 is 9.13 Å². The second kappa shape index (κ2) is 14.6. The van der Waals surface area contributed by atoms with Crippen LogP contribution in [0, 0.1) is 17.1 Å². The van der Waals surface area contributed by atoms with Crippen molar-refractivity contribution in [2.24, 2.45) is 0 Å². The minimum absolute atomic E-state index is 0.0414. The van der Waals surface area contributed by atoms with Crippen molar-refractivity contribution in [1.29, 1.82) is 5.26 Å². The van der Waals surface area contributed by atoms with Gasteiger partial charge in [0.2, 0.25) is 0 Å². The van der Waals surface area contributed by atoms with Gasteiger partial charge in [0.1, 0.15) is 17.6 Å². The van der Waals surface area contributed by atoms with Crippen molar-refractivity contribution >= 4 is 0 Å². The van der Waals surface area contributed by atoms with Crippen LogP contribution < -0.4 is 4.74 Å². The third-order valence-electron chi connectivity index (χ3n) is 3.73. The van der Waals surface area contributed by atoms with E-state index in [1.165, 1.54) is 25.0 Å². The molecule has 3 nitrogen and oxygen atoms in total. The molecule has 0 bridgehead atoms. The Labute approximate surface area is 177 Å². The number of hydrogen-bond donors (Lipinski definition) is 0. The van der Waals surface area contributed by atoms with E-state index in [0.29, 0.717) is 0 Å². The summed E-state index contributed by atoms with van der Waals surface area (Å²) in [5, 5.41) is 8.82. The van der Waals surface area contributed by atoms with E-state index in [1.54, 1.807) is 6.07 Å². The van der Waals surface area contributed by atoms with Crippen molar-refractivity contribution in [2.45, 2.75) is 60.0 Å². The molecule has 0 aromatic heterocycles. The van der Waals surface area contributed by atoms with Gasteiger partial charge in [0.05, 0.1) is 11.7 Å². The quantitative estimate of drug-likeness (QED) is 0.560. The first kappa shape index (κ1) is 26.6. The number of para-hydroxylation sites is 1. The van der Waals surface area contributed by atoms with Gasteiger partial charge in [-0.2, -0.15) is 5.26 Å². The lowest BCUT2D eigenvalue weighted by molar-refractivity contribution is 0.241. The molecule has 160 valence electrons. The van der Waals surface area contributed by atoms with Crippen LogP contribution in [0.5, 0.6) is 5.75 Å². The molecule has 0 saturated heterocycles. The number of halogens is 1. The molecule has 2 aromatic carbocycles. The summed E-state index contributed by atoms with van der Waals surface area (Å²) >= 11 is 0. The maximum absolute atomic E-state index is 13.8. The zero-order valence-corrected chi connectivity index (χ0v) is 19.3. The number of hydrogen-bond acceptors (Lipinski definition) is 3. The van der Waals surface area contributed by atoms with Crippen LogP contribution in [0.2, 0.25) is 0 Å². The van der Waals surface area contributed by atoms with Crippen LogP contribution in [-0.2, 0) is 6.42 Å². The van der Waals surface area contributed by atoms with E-state index in [-0.39, 0.29) is 11.7 Å². The van der Waals surface area contributed by atoms with E-state index in [2.05, 4.69) is 20.8 Å². The van der Waals surface area contributed by atoms with Crippen LogP contribution >= 0.6 is 0 Å². The zero-order chi connectivity index (χ0) is 22.4. The molecule has 0 atom stereocenters. The first-order valence-corrected chi connectivity index (χ1v) is 10.3. The minimum Gasteiger partial charge on any atom is -0.490 e. The molecule has 0 radical (unpaired) electrons. The minimum atomic E-state index is -0.507. The molecule has 2 rings (SSSR count). The van der Waals surface area contributed by atoms with E-state index >= 15 is 0 Å². The van der Waals surface area contributed by atoms with Crippen LogP contribution in [0.25, 0.3) is 11.1 Å². The van der Waals surface area contributed by atoms with Gasteiger partial charge in [-0.15, -0.1) is 0 Å². The molecule has 0 amide bonds. The highest BCUT2D eigenvalue weighted by atomic mass is 19.1. The fourth-order valence-electron chi connectivity index (χ4n) is 2.24. The van der Waals surface area contributed by atoms with E-state index in [0.717, 1.165) is 28.9 Å². The van der Waals surface area contributed by atoms with Gasteiger partial charge in [0.15, 0.2) is 0 Å². The van der Waals surface area contributed by atoms with E-state index in [1.807, 2.05) is 64.2 Å². The number of benzene rings is 2. The Hall–Kier alpha value is -2.38. The highest BCUT2D eigenvalue weighted by Crippen LogP contribution is 2.35. The lowest BCUT2D eigenvalue weighted by atomic mass is 9.99. The molecule has 0 spiro atoms. The van der Waals surface area contributed by atoms with Gasteiger partial charge in [-0.1, -0.05) is 57.9 Å². The predicted octanol–water partition coefficient (Wildman–Crippen LogP) is 6.70. The number of unbranched alkanes of at least 4 members (excludes halogenated alkanes) is 1. The van der Waals surface area contributed by atoms with E-state index in [4.69, 9.17) is 10.00 Å². The Morgan fingerprint density at radius 2 is 1.62 bits per heavy atom. The summed E-state index contributed by atoms with van der Waals surface area (Å²) < 4.78 is 19.8. The van der Waals surface area contributed by atoms with Gasteiger partial charge in [-0.05, 0) is 64.7 Å². The van der Waals surface area contributed by atoms with E-state index in [9.17, 15) is 4.39 Å². The summed E-state index contributed by atoms with van der Waals surface area (Å²) in [6, 6.07) is 12.4. The monoisotopic (exact) mass is 400 g/mol. The third-order valence-corrected chi connectivity index (χ3v) is 3.73. The Morgan fingerprint density at radius 1 is 1.03 bits per heavy atom. The zero-order valence-electron chi connectivity index (χ0n) is 19.3. The van der Waals surface area contributed by atoms with Gasteiger partial charge in [0.25, 0.3) is 0 Å². The van der Waals surface area contributed by atoms with Crippen LogP contribution in [0.4, 0.5) is 4.39 Å². The number of ether oxygens (including phenoxy) is 1. The molecular formula is C25H37FN2O. The Kier molecular flexibility index (Phi) is 13.4. The van der Waals surface area contributed by atoms with Gasteiger partial charge in [-0.25, -0.2) is 4.39 Å². The summed E-state index contributed by atoms with van der Waals surface area (Å²) in [5.74, 6) is 0.284. The summed E-state index contributed by atoms with van der Waals surface area (Å²) in [5.41, 5.74) is 2.71. The predicted molar refractivity (Wildman–Crippen MR) is 122 cm³/mol. The van der Waals surface area contributed by atoms with E-state index < -0.39 is 5.82 Å². The molecule has 29 heavy (non-hydrogen) atoms. The second-order valence-corrected chi connectivity index (χ2v) is 7.46. The number of aryl methyl sites for hydroxylation is 1. The van der Waals surface area contributed by atoms with Crippen molar-refractivity contribution in [3.05, 3.63) is 53.3 Å². The van der Waals surface area contributed by atoms with Crippen LogP contribution in [0.15, 0.2) is 36.4 Å². The normalized spacial score (nSPS) is 9.86. The summed E-state index contributed by atoms with van der Waals surface area (Å²) in [6.07, 6.45) is 3.52. The lowest BCUT2D eigenvalue weighted by Crippen LogP contribution is -2.08. The second-order valence-electron chi connectivity index (χ2n) is 7.46. The number of nitrogens with zero attached hydrogens (tertiary/aromatic N) is 2. The average molecular weight is 401 g/mol. The van der Waals surface area contributed by atoms with Crippen LogP contribution in [0.1, 0.15) is 58.6 Å². The largest absolute Gasteiger partial charge is 0.490 e. The van der Waals surface area contributed by atoms with Gasteiger partial charge >= 0.3 is 0 Å². The molecule has 0 fully saturated rings. The Morgan fingerprint density at radius 3 is 2.03 bits per heavy atom. The third kappa shape index (κ3) is 10.1. The summed E-state index contributed by atoms with van der Waals surface area (Å²) in [4.78, 5) is 2.00. The molecule has 2 aromatic rings. The molecule has 0 aliphatic rings. The average Bonchev–Trinajstić information content (AvgIpc) is 2.67. The smallest absolute Gasteiger partial charge is 0.141 e. The first-order chi connectivity index (χ1) is 13.7. The first-order valence-electron chi connectivity index (χ1n) is 10.3. The molecular weight excluding hydrogens is 363 g/mol. The van der Waals surface area contributed by atoms with Crippen molar-refractivity contribution in [1.82, 2.24) is 4.90 Å². The van der Waals surface area contributed by atoms with Crippen molar-refractivity contribution in [3.8, 4) is 22.9 Å². The standard InChI is InChI=1S/C18H18FNO.C4H10.C3H9N/c1-4-13-6-5-7-16(18(13)21-12(2)3)14-8-9-15(11-20)17(19)10-14;1-3-4-2;1-4(2)3/h5-10,12H,4H2,1-3H3;3-4H2,1-2H3;1-3H3. The SMILES string of the molecule is CCCC.CCc1cccc(-c2ccc(C#N)c(F)c2)c1OC(C)C.CN(C)C. The van der Waals surface area contributed by atoms with Crippen molar-refractivity contribution in [2.75, 3.05) is 21.1 Å². The maximum atomic E-state index is 13.8. The molecule has 0 aliphatic heterocycles. The summed E-state index contributed by atoms with van der Waals surface area (Å²) in [7, 11) is 6.00. The van der Waals surface area contributed by atoms with Crippen LogP contribution in [-0.4, -0.2) is 32.1 Å². The lowest BCUT2D eigenvalue weighted by Gasteiger charge is -2.18. The molecule has 0 saturated carbocycles. The van der Waals surface area contributed by atoms with Gasteiger partial charge < -0.3 is 9.64 Å². The molecule has 0 heterocycles. The summed E-state index contributed by atoms with van der Waals surface area (Å²) in [6.45, 7) is 10.4. The Bertz CT molecular complexity index is 759. The molecule has 0 unspecified atom stereocenters. The number of nitriles is 1. The van der Waals surface area contributed by atoms with Crippen LogP contribution in [0.3, 0.4) is 0 Å². The number of rotatable bonds is 5. The fourth-order valence-corrected chi connectivity index (χ4v) is 2.24. The van der Waals surface area contributed by atoms with Gasteiger partial charge in [-0.3, -0.25) is 0 Å². The Balaban J connectivity index is 0.000000837. The molecule has 0 N–H and O–H groups in total. The highest BCUT2D eigenvalue weighted by molar-refractivity contribution is 5.73. The molecule has 4 heteroatoms. The van der Waals surface area contributed by atoms with Crippen molar-refractivity contribution in [3.63, 3.8) is 0 Å². The molecule has 0 aliphatic carbocycles.